The monoisotopic (exact) mass is 268 g/mol. The molecule has 0 N–H and O–H groups in total. The number of thiophene rings is 2. The summed E-state index contributed by atoms with van der Waals surface area (Å²) in [6.07, 6.45) is 1.11. The van der Waals surface area contributed by atoms with E-state index in [1.807, 2.05) is 50.4 Å². The highest BCUT2D eigenvalue weighted by Crippen LogP contribution is 2.23. The minimum absolute atomic E-state index is 1.11. The highest BCUT2D eigenvalue weighted by Gasteiger charge is 2.00. The number of rotatable bonds is 2. The maximum atomic E-state index is 2.23. The van der Waals surface area contributed by atoms with E-state index in [0.29, 0.717) is 0 Å². The van der Waals surface area contributed by atoms with Crippen LogP contribution in [0.2, 0.25) is 0 Å². The van der Waals surface area contributed by atoms with E-state index in [-0.39, 0.29) is 0 Å². The fraction of sp³-hybridized carbons (Fsp3) is 0.467. The summed E-state index contributed by atoms with van der Waals surface area (Å²) in [6.45, 7) is 12.3. The van der Waals surface area contributed by atoms with Crippen LogP contribution in [0.3, 0.4) is 0 Å². The molecule has 0 aliphatic heterocycles. The third-order valence-electron chi connectivity index (χ3n) is 1.94. The van der Waals surface area contributed by atoms with Crippen molar-refractivity contribution >= 4 is 22.7 Å². The molecule has 0 atom stereocenters. The fourth-order valence-electron chi connectivity index (χ4n) is 1.33. The maximum absolute atomic E-state index is 2.23. The van der Waals surface area contributed by atoms with Gasteiger partial charge in [-0.25, -0.2) is 0 Å². The first-order valence-electron chi connectivity index (χ1n) is 6.34. The first-order chi connectivity index (χ1) is 8.24. The molecular weight excluding hydrogens is 244 g/mol. The zero-order valence-electron chi connectivity index (χ0n) is 11.8. The van der Waals surface area contributed by atoms with Gasteiger partial charge >= 0.3 is 0 Å². The number of hydrogen-bond donors (Lipinski definition) is 0. The van der Waals surface area contributed by atoms with E-state index in [1.165, 1.54) is 19.5 Å². The van der Waals surface area contributed by atoms with Crippen molar-refractivity contribution in [2.45, 2.75) is 48.0 Å². The van der Waals surface area contributed by atoms with Crippen LogP contribution in [0.5, 0.6) is 0 Å². The summed E-state index contributed by atoms with van der Waals surface area (Å²) in [7, 11) is 0. The molecular formula is C15H24S2. The minimum Gasteiger partial charge on any atom is -0.145 e. The van der Waals surface area contributed by atoms with Gasteiger partial charge in [0.25, 0.3) is 0 Å². The Morgan fingerprint density at radius 1 is 0.706 bits per heavy atom. The van der Waals surface area contributed by atoms with Gasteiger partial charge in [-0.2, -0.15) is 0 Å². The second-order valence-electron chi connectivity index (χ2n) is 3.20. The summed E-state index contributed by atoms with van der Waals surface area (Å²) in [5.41, 5.74) is 0. The van der Waals surface area contributed by atoms with Gasteiger partial charge in [-0.3, -0.25) is 0 Å². The first-order valence-corrected chi connectivity index (χ1v) is 7.98. The fourth-order valence-corrected chi connectivity index (χ4v) is 3.25. The molecule has 17 heavy (non-hydrogen) atoms. The van der Waals surface area contributed by atoms with Gasteiger partial charge in [0.05, 0.1) is 0 Å². The van der Waals surface area contributed by atoms with E-state index < -0.39 is 0 Å². The largest absolute Gasteiger partial charge is 0.145 e. The van der Waals surface area contributed by atoms with Crippen molar-refractivity contribution in [3.05, 3.63) is 43.8 Å². The smallest absolute Gasteiger partial charge is 0.0163 e. The summed E-state index contributed by atoms with van der Waals surface area (Å²) in [4.78, 5) is 5.75. The molecule has 96 valence electrons. The molecule has 2 aromatic heterocycles. The molecule has 0 unspecified atom stereocenters. The van der Waals surface area contributed by atoms with E-state index in [4.69, 9.17) is 0 Å². The van der Waals surface area contributed by atoms with Gasteiger partial charge in [-0.15, -0.1) is 22.7 Å². The van der Waals surface area contributed by atoms with Gasteiger partial charge in [-0.1, -0.05) is 27.7 Å². The van der Waals surface area contributed by atoms with Crippen LogP contribution < -0.4 is 0 Å². The van der Waals surface area contributed by atoms with Gasteiger partial charge in [-0.05, 0) is 38.1 Å². The molecule has 0 nitrogen and oxygen atoms in total. The second kappa shape index (κ2) is 9.43. The summed E-state index contributed by atoms with van der Waals surface area (Å²) in [5.74, 6) is 0. The Labute approximate surface area is 114 Å². The van der Waals surface area contributed by atoms with E-state index in [1.54, 1.807) is 0 Å². The average Bonchev–Trinajstić information content (AvgIpc) is 2.94. The molecule has 0 saturated heterocycles. The molecule has 2 rings (SSSR count). The normalized spacial score (nSPS) is 8.82. The van der Waals surface area contributed by atoms with Gasteiger partial charge in [0.15, 0.2) is 0 Å². The van der Waals surface area contributed by atoms with Crippen LogP contribution in [0.1, 0.15) is 47.2 Å². The standard InChI is InChI=1S/C11H12S2.2C2H6/c1-8-3-5-10(12-8)7-11-6-4-9(2)13-11;2*1-2/h3-6H,7H2,1-2H3;2*1-2H3. The van der Waals surface area contributed by atoms with E-state index in [0.717, 1.165) is 6.42 Å². The maximum Gasteiger partial charge on any atom is 0.0163 e. The highest BCUT2D eigenvalue weighted by atomic mass is 32.1. The average molecular weight is 268 g/mol. The van der Waals surface area contributed by atoms with Crippen LogP contribution in [0, 0.1) is 13.8 Å². The third kappa shape index (κ3) is 6.04. The lowest BCUT2D eigenvalue weighted by Gasteiger charge is -1.91. The van der Waals surface area contributed by atoms with Gasteiger partial charge in [0.2, 0.25) is 0 Å². The second-order valence-corrected chi connectivity index (χ2v) is 5.95. The van der Waals surface area contributed by atoms with E-state index >= 15 is 0 Å². The van der Waals surface area contributed by atoms with Gasteiger partial charge in [0, 0.05) is 25.9 Å². The van der Waals surface area contributed by atoms with Crippen molar-refractivity contribution in [3.8, 4) is 0 Å². The Bertz CT molecular complexity index is 358. The topological polar surface area (TPSA) is 0 Å². The molecule has 2 heteroatoms. The van der Waals surface area contributed by atoms with Crippen LogP contribution in [0.25, 0.3) is 0 Å². The Kier molecular flexibility index (Phi) is 9.10. The molecule has 0 fully saturated rings. The molecule has 0 aromatic carbocycles. The highest BCUT2D eigenvalue weighted by molar-refractivity contribution is 7.13. The summed E-state index contributed by atoms with van der Waals surface area (Å²) in [5, 5.41) is 0. The van der Waals surface area contributed by atoms with Gasteiger partial charge in [0.1, 0.15) is 0 Å². The summed E-state index contributed by atoms with van der Waals surface area (Å²) in [6, 6.07) is 8.85. The first kappa shape index (κ1) is 16.4. The predicted molar refractivity (Wildman–Crippen MR) is 83.6 cm³/mol. The molecule has 2 heterocycles. The Hall–Kier alpha value is -0.600. The molecule has 0 spiro atoms. The number of aryl methyl sites for hydroxylation is 2. The Balaban J connectivity index is 0.000000581. The SMILES string of the molecule is CC.CC.Cc1ccc(Cc2ccc(C)s2)s1. The molecule has 0 radical (unpaired) electrons. The summed E-state index contributed by atoms with van der Waals surface area (Å²) >= 11 is 3.80. The van der Waals surface area contributed by atoms with E-state index in [9.17, 15) is 0 Å². The molecule has 0 aliphatic carbocycles. The van der Waals surface area contributed by atoms with Crippen molar-refractivity contribution < 1.29 is 0 Å². The van der Waals surface area contributed by atoms with E-state index in [2.05, 4.69) is 38.1 Å². The number of hydrogen-bond acceptors (Lipinski definition) is 2. The van der Waals surface area contributed by atoms with Crippen molar-refractivity contribution in [3.63, 3.8) is 0 Å². The molecule has 0 bridgehead atoms. The van der Waals surface area contributed by atoms with Crippen LogP contribution in [-0.4, -0.2) is 0 Å². The van der Waals surface area contributed by atoms with Crippen LogP contribution in [0.15, 0.2) is 24.3 Å². The third-order valence-corrected chi connectivity index (χ3v) is 3.94. The van der Waals surface area contributed by atoms with Crippen molar-refractivity contribution in [2.75, 3.05) is 0 Å². The molecule has 0 amide bonds. The van der Waals surface area contributed by atoms with Crippen molar-refractivity contribution in [1.82, 2.24) is 0 Å². The molecule has 2 aromatic rings. The predicted octanol–water partition coefficient (Wildman–Crippen LogP) is 6.07. The quantitative estimate of drug-likeness (QED) is 0.620. The lowest BCUT2D eigenvalue weighted by atomic mass is 10.3. The summed E-state index contributed by atoms with van der Waals surface area (Å²) < 4.78 is 0. The zero-order valence-corrected chi connectivity index (χ0v) is 13.5. The Morgan fingerprint density at radius 2 is 1.06 bits per heavy atom. The zero-order chi connectivity index (χ0) is 13.3. The van der Waals surface area contributed by atoms with Crippen molar-refractivity contribution in [1.29, 1.82) is 0 Å². The van der Waals surface area contributed by atoms with Gasteiger partial charge < -0.3 is 0 Å². The lowest BCUT2D eigenvalue weighted by Crippen LogP contribution is -1.76. The van der Waals surface area contributed by atoms with Crippen molar-refractivity contribution in [2.24, 2.45) is 0 Å². The molecule has 0 aliphatic rings. The van der Waals surface area contributed by atoms with Crippen LogP contribution in [0.4, 0.5) is 0 Å². The minimum atomic E-state index is 1.11. The Morgan fingerprint density at radius 3 is 1.29 bits per heavy atom. The van der Waals surface area contributed by atoms with Crippen LogP contribution >= 0.6 is 22.7 Å². The van der Waals surface area contributed by atoms with Crippen LogP contribution in [-0.2, 0) is 6.42 Å². The lowest BCUT2D eigenvalue weighted by molar-refractivity contribution is 1.31. The molecule has 0 saturated carbocycles.